The summed E-state index contributed by atoms with van der Waals surface area (Å²) in [6, 6.07) is 16.7. The van der Waals surface area contributed by atoms with Crippen molar-refractivity contribution >= 4 is 35.0 Å². The Morgan fingerprint density at radius 2 is 1.63 bits per heavy atom. The van der Waals surface area contributed by atoms with E-state index in [1.165, 1.54) is 18.7 Å². The number of rotatable bonds is 6. The lowest BCUT2D eigenvalue weighted by atomic mass is 10.2. The molecule has 3 rings (SSSR count). The summed E-state index contributed by atoms with van der Waals surface area (Å²) in [6.45, 7) is 3.26. The minimum absolute atomic E-state index is 0.140. The number of thioether (sulfide) groups is 1. The standard InChI is InChI=1S/C19H19N5O2S/c1-13(18(26)22-16-10-8-15(9-11-16)21-14(2)25)27-19-23-20-12-24(19)17-6-4-3-5-7-17/h3-13H,1-2H3,(H,21,25)(H,22,26). The Bertz CT molecular complexity index is 925. The average Bonchev–Trinajstić information content (AvgIpc) is 3.11. The summed E-state index contributed by atoms with van der Waals surface area (Å²) in [6.07, 6.45) is 1.63. The lowest BCUT2D eigenvalue weighted by Crippen LogP contribution is -2.22. The minimum Gasteiger partial charge on any atom is -0.326 e. The average molecular weight is 381 g/mol. The molecule has 27 heavy (non-hydrogen) atoms. The highest BCUT2D eigenvalue weighted by Crippen LogP contribution is 2.25. The summed E-state index contributed by atoms with van der Waals surface area (Å²) in [4.78, 5) is 23.5. The van der Waals surface area contributed by atoms with E-state index >= 15 is 0 Å². The molecule has 0 saturated carbocycles. The molecule has 8 heteroatoms. The zero-order valence-corrected chi connectivity index (χ0v) is 15.7. The highest BCUT2D eigenvalue weighted by atomic mass is 32.2. The smallest absolute Gasteiger partial charge is 0.237 e. The van der Waals surface area contributed by atoms with E-state index in [1.807, 2.05) is 41.8 Å². The Balaban J connectivity index is 1.63. The molecule has 2 N–H and O–H groups in total. The van der Waals surface area contributed by atoms with Crippen molar-refractivity contribution in [3.05, 3.63) is 60.9 Å². The maximum absolute atomic E-state index is 12.5. The fourth-order valence-corrected chi connectivity index (χ4v) is 3.21. The van der Waals surface area contributed by atoms with Crippen LogP contribution in [-0.4, -0.2) is 31.8 Å². The molecule has 2 aromatic carbocycles. The Labute approximate surface area is 161 Å². The lowest BCUT2D eigenvalue weighted by Gasteiger charge is -2.13. The number of carbonyl (C=O) groups is 2. The third-order valence-corrected chi connectivity index (χ3v) is 4.73. The van der Waals surface area contributed by atoms with E-state index in [0.717, 1.165) is 5.69 Å². The summed E-state index contributed by atoms with van der Waals surface area (Å²) in [5.74, 6) is -0.283. The number of benzene rings is 2. The fraction of sp³-hybridized carbons (Fsp3) is 0.158. The number of nitrogens with one attached hydrogen (secondary N) is 2. The number of hydrogen-bond acceptors (Lipinski definition) is 5. The van der Waals surface area contributed by atoms with Gasteiger partial charge in [-0.05, 0) is 43.3 Å². The van der Waals surface area contributed by atoms with Crippen LogP contribution in [-0.2, 0) is 9.59 Å². The molecule has 0 aliphatic carbocycles. The van der Waals surface area contributed by atoms with Crippen LogP contribution in [0.3, 0.4) is 0 Å². The van der Waals surface area contributed by atoms with Crippen molar-refractivity contribution in [3.8, 4) is 5.69 Å². The maximum atomic E-state index is 12.5. The van der Waals surface area contributed by atoms with Crippen molar-refractivity contribution in [3.63, 3.8) is 0 Å². The predicted molar refractivity (Wildman–Crippen MR) is 106 cm³/mol. The van der Waals surface area contributed by atoms with E-state index in [0.29, 0.717) is 16.5 Å². The van der Waals surface area contributed by atoms with E-state index in [2.05, 4.69) is 20.8 Å². The quantitative estimate of drug-likeness (QED) is 0.639. The molecule has 0 bridgehead atoms. The molecule has 2 amide bonds. The van der Waals surface area contributed by atoms with E-state index in [9.17, 15) is 9.59 Å². The summed E-state index contributed by atoms with van der Waals surface area (Å²) in [7, 11) is 0. The molecule has 0 spiro atoms. The third-order valence-electron chi connectivity index (χ3n) is 3.68. The van der Waals surface area contributed by atoms with Gasteiger partial charge in [-0.25, -0.2) is 0 Å². The molecule has 7 nitrogen and oxygen atoms in total. The van der Waals surface area contributed by atoms with Crippen molar-refractivity contribution in [2.45, 2.75) is 24.3 Å². The Morgan fingerprint density at radius 3 is 2.26 bits per heavy atom. The van der Waals surface area contributed by atoms with Crippen molar-refractivity contribution in [2.75, 3.05) is 10.6 Å². The monoisotopic (exact) mass is 381 g/mol. The van der Waals surface area contributed by atoms with Gasteiger partial charge in [0.25, 0.3) is 0 Å². The number of nitrogens with zero attached hydrogens (tertiary/aromatic N) is 3. The number of hydrogen-bond donors (Lipinski definition) is 2. The van der Waals surface area contributed by atoms with Crippen molar-refractivity contribution < 1.29 is 9.59 Å². The first-order valence-corrected chi connectivity index (χ1v) is 9.21. The second-order valence-electron chi connectivity index (χ2n) is 5.83. The summed E-state index contributed by atoms with van der Waals surface area (Å²) in [5.41, 5.74) is 2.27. The van der Waals surface area contributed by atoms with Crippen LogP contribution in [0.2, 0.25) is 0 Å². The Morgan fingerprint density at radius 1 is 1.00 bits per heavy atom. The number of aromatic nitrogens is 3. The Hall–Kier alpha value is -3.13. The zero-order chi connectivity index (χ0) is 19.2. The van der Waals surface area contributed by atoms with Gasteiger partial charge >= 0.3 is 0 Å². The van der Waals surface area contributed by atoms with E-state index in [-0.39, 0.29) is 17.1 Å². The van der Waals surface area contributed by atoms with Gasteiger partial charge in [0.15, 0.2) is 5.16 Å². The summed E-state index contributed by atoms with van der Waals surface area (Å²) >= 11 is 1.33. The Kier molecular flexibility index (Phi) is 5.87. The molecule has 1 unspecified atom stereocenters. The highest BCUT2D eigenvalue weighted by molar-refractivity contribution is 8.00. The van der Waals surface area contributed by atoms with Gasteiger partial charge in [0.05, 0.1) is 5.25 Å². The van der Waals surface area contributed by atoms with Crippen molar-refractivity contribution in [1.82, 2.24) is 14.8 Å². The topological polar surface area (TPSA) is 88.9 Å². The van der Waals surface area contributed by atoms with Gasteiger partial charge in [-0.1, -0.05) is 30.0 Å². The molecule has 0 saturated heterocycles. The van der Waals surface area contributed by atoms with Crippen LogP contribution in [0.5, 0.6) is 0 Å². The summed E-state index contributed by atoms with van der Waals surface area (Å²) < 4.78 is 1.84. The van der Waals surface area contributed by atoms with Crippen LogP contribution in [0.1, 0.15) is 13.8 Å². The van der Waals surface area contributed by atoms with Gasteiger partial charge in [0, 0.05) is 24.0 Å². The number of anilines is 2. The fourth-order valence-electron chi connectivity index (χ4n) is 2.37. The van der Waals surface area contributed by atoms with Gasteiger partial charge in [0.2, 0.25) is 11.8 Å². The largest absolute Gasteiger partial charge is 0.326 e. The predicted octanol–water partition coefficient (Wildman–Crippen LogP) is 3.35. The van der Waals surface area contributed by atoms with Gasteiger partial charge < -0.3 is 10.6 Å². The van der Waals surface area contributed by atoms with Crippen LogP contribution < -0.4 is 10.6 Å². The van der Waals surface area contributed by atoms with E-state index < -0.39 is 0 Å². The first-order valence-electron chi connectivity index (χ1n) is 8.33. The van der Waals surface area contributed by atoms with Crippen LogP contribution >= 0.6 is 11.8 Å². The van der Waals surface area contributed by atoms with E-state index in [1.54, 1.807) is 30.6 Å². The molecule has 1 heterocycles. The van der Waals surface area contributed by atoms with Crippen LogP contribution in [0.25, 0.3) is 5.69 Å². The van der Waals surface area contributed by atoms with Crippen LogP contribution in [0.15, 0.2) is 66.1 Å². The first kappa shape index (κ1) is 18.7. The van der Waals surface area contributed by atoms with Crippen LogP contribution in [0.4, 0.5) is 11.4 Å². The third kappa shape index (κ3) is 4.95. The van der Waals surface area contributed by atoms with Crippen molar-refractivity contribution in [2.24, 2.45) is 0 Å². The minimum atomic E-state index is -0.369. The molecule has 0 radical (unpaired) electrons. The SMILES string of the molecule is CC(=O)Nc1ccc(NC(=O)C(C)Sc2nncn2-c2ccccc2)cc1. The molecule has 1 atom stereocenters. The molecule has 0 aliphatic heterocycles. The maximum Gasteiger partial charge on any atom is 0.237 e. The van der Waals surface area contributed by atoms with Gasteiger partial charge in [-0.3, -0.25) is 14.2 Å². The zero-order valence-electron chi connectivity index (χ0n) is 14.9. The van der Waals surface area contributed by atoms with Crippen molar-refractivity contribution in [1.29, 1.82) is 0 Å². The summed E-state index contributed by atoms with van der Waals surface area (Å²) in [5, 5.41) is 13.9. The normalized spacial score (nSPS) is 11.6. The molecular weight excluding hydrogens is 362 g/mol. The molecule has 0 fully saturated rings. The molecule has 0 aliphatic rings. The second kappa shape index (κ2) is 8.50. The van der Waals surface area contributed by atoms with Gasteiger partial charge in [-0.2, -0.15) is 0 Å². The van der Waals surface area contributed by atoms with E-state index in [4.69, 9.17) is 0 Å². The molecular formula is C19H19N5O2S. The van der Waals surface area contributed by atoms with Gasteiger partial charge in [0.1, 0.15) is 6.33 Å². The lowest BCUT2D eigenvalue weighted by molar-refractivity contribution is -0.115. The highest BCUT2D eigenvalue weighted by Gasteiger charge is 2.18. The first-order chi connectivity index (χ1) is 13.0. The number of carbonyl (C=O) groups excluding carboxylic acids is 2. The molecule has 3 aromatic rings. The van der Waals surface area contributed by atoms with Gasteiger partial charge in [-0.15, -0.1) is 10.2 Å². The molecule has 1 aromatic heterocycles. The number of para-hydroxylation sites is 1. The van der Waals surface area contributed by atoms with Crippen LogP contribution in [0, 0.1) is 0 Å². The second-order valence-corrected chi connectivity index (χ2v) is 7.13. The number of amides is 2. The molecule has 138 valence electrons.